The van der Waals surface area contributed by atoms with E-state index in [0.717, 1.165) is 18.8 Å². The van der Waals surface area contributed by atoms with Crippen LogP contribution in [-0.2, 0) is 0 Å². The third-order valence-electron chi connectivity index (χ3n) is 4.02. The highest BCUT2D eigenvalue weighted by Gasteiger charge is 2.37. The summed E-state index contributed by atoms with van der Waals surface area (Å²) < 4.78 is 5.58. The van der Waals surface area contributed by atoms with Crippen LogP contribution in [0.15, 0.2) is 22.8 Å². The van der Waals surface area contributed by atoms with Crippen LogP contribution in [0, 0.1) is 5.92 Å². The van der Waals surface area contributed by atoms with Crippen molar-refractivity contribution in [3.63, 3.8) is 0 Å². The van der Waals surface area contributed by atoms with Crippen molar-refractivity contribution in [2.75, 3.05) is 13.1 Å². The van der Waals surface area contributed by atoms with Crippen molar-refractivity contribution in [3.8, 4) is 0 Å². The number of piperazine rings is 1. The molecule has 1 aliphatic heterocycles. The van der Waals surface area contributed by atoms with Crippen molar-refractivity contribution in [3.05, 3.63) is 24.2 Å². The van der Waals surface area contributed by atoms with E-state index in [-0.39, 0.29) is 5.54 Å². The van der Waals surface area contributed by atoms with Gasteiger partial charge in [-0.2, -0.15) is 0 Å². The Balaban J connectivity index is 2.19. The molecule has 18 heavy (non-hydrogen) atoms. The highest BCUT2D eigenvalue weighted by atomic mass is 16.3. The lowest BCUT2D eigenvalue weighted by atomic mass is 9.91. The number of rotatable bonds is 3. The van der Waals surface area contributed by atoms with Gasteiger partial charge in [-0.05, 0) is 38.8 Å². The maximum absolute atomic E-state index is 5.58. The summed E-state index contributed by atoms with van der Waals surface area (Å²) in [5, 5.41) is 3.65. The molecule has 1 aliphatic rings. The molecule has 0 spiro atoms. The van der Waals surface area contributed by atoms with Gasteiger partial charge in [0.1, 0.15) is 5.76 Å². The standard InChI is InChI=1S/C15H26N2O/c1-11(2)13-9-16-15(4,5)10-17(13)12(3)14-7-6-8-18-14/h6-8,11-13,16H,9-10H2,1-5H3. The summed E-state index contributed by atoms with van der Waals surface area (Å²) in [6.07, 6.45) is 1.77. The summed E-state index contributed by atoms with van der Waals surface area (Å²) in [5.41, 5.74) is 0.173. The Morgan fingerprint density at radius 2 is 2.11 bits per heavy atom. The van der Waals surface area contributed by atoms with E-state index in [0.29, 0.717) is 18.0 Å². The van der Waals surface area contributed by atoms with Crippen LogP contribution < -0.4 is 5.32 Å². The molecular formula is C15H26N2O. The van der Waals surface area contributed by atoms with Gasteiger partial charge in [-0.15, -0.1) is 0 Å². The summed E-state index contributed by atoms with van der Waals surface area (Å²) >= 11 is 0. The van der Waals surface area contributed by atoms with Gasteiger partial charge in [0, 0.05) is 24.7 Å². The molecule has 2 heterocycles. The van der Waals surface area contributed by atoms with E-state index < -0.39 is 0 Å². The van der Waals surface area contributed by atoms with Crippen molar-refractivity contribution in [2.24, 2.45) is 5.92 Å². The van der Waals surface area contributed by atoms with Gasteiger partial charge < -0.3 is 9.73 Å². The Kier molecular flexibility index (Phi) is 3.83. The van der Waals surface area contributed by atoms with Gasteiger partial charge in [0.05, 0.1) is 12.3 Å². The molecule has 102 valence electrons. The van der Waals surface area contributed by atoms with Gasteiger partial charge in [-0.25, -0.2) is 0 Å². The fraction of sp³-hybridized carbons (Fsp3) is 0.733. The van der Waals surface area contributed by atoms with Crippen molar-refractivity contribution in [1.82, 2.24) is 10.2 Å². The minimum absolute atomic E-state index is 0.173. The molecule has 2 rings (SSSR count). The Morgan fingerprint density at radius 1 is 1.39 bits per heavy atom. The largest absolute Gasteiger partial charge is 0.468 e. The minimum Gasteiger partial charge on any atom is -0.468 e. The Morgan fingerprint density at radius 3 is 2.67 bits per heavy atom. The fourth-order valence-electron chi connectivity index (χ4n) is 2.86. The Bertz CT molecular complexity index is 370. The first-order valence-corrected chi connectivity index (χ1v) is 6.95. The molecule has 1 fully saturated rings. The highest BCUT2D eigenvalue weighted by molar-refractivity contribution is 5.06. The van der Waals surface area contributed by atoms with Gasteiger partial charge in [-0.3, -0.25) is 4.90 Å². The zero-order valence-electron chi connectivity index (χ0n) is 12.2. The molecular weight excluding hydrogens is 224 g/mol. The zero-order valence-corrected chi connectivity index (χ0v) is 12.2. The average Bonchev–Trinajstić information content (AvgIpc) is 2.79. The fourth-order valence-corrected chi connectivity index (χ4v) is 2.86. The first-order valence-electron chi connectivity index (χ1n) is 6.95. The van der Waals surface area contributed by atoms with Crippen LogP contribution in [0.2, 0.25) is 0 Å². The van der Waals surface area contributed by atoms with Crippen LogP contribution in [-0.4, -0.2) is 29.6 Å². The van der Waals surface area contributed by atoms with E-state index >= 15 is 0 Å². The molecule has 0 bridgehead atoms. The molecule has 1 saturated heterocycles. The maximum Gasteiger partial charge on any atom is 0.120 e. The third-order valence-corrected chi connectivity index (χ3v) is 4.02. The lowest BCUT2D eigenvalue weighted by molar-refractivity contribution is 0.0299. The lowest BCUT2D eigenvalue weighted by Gasteiger charge is -2.48. The number of hydrogen-bond acceptors (Lipinski definition) is 3. The lowest BCUT2D eigenvalue weighted by Crippen LogP contribution is -2.63. The van der Waals surface area contributed by atoms with Crippen LogP contribution in [0.25, 0.3) is 0 Å². The van der Waals surface area contributed by atoms with E-state index in [2.05, 4.69) is 50.9 Å². The third kappa shape index (κ3) is 2.78. The van der Waals surface area contributed by atoms with Crippen LogP contribution in [0.4, 0.5) is 0 Å². The highest BCUT2D eigenvalue weighted by Crippen LogP contribution is 2.30. The van der Waals surface area contributed by atoms with E-state index in [4.69, 9.17) is 4.42 Å². The predicted octanol–water partition coefficient (Wildman–Crippen LogP) is 3.05. The molecule has 0 saturated carbocycles. The van der Waals surface area contributed by atoms with Gasteiger partial charge >= 0.3 is 0 Å². The zero-order chi connectivity index (χ0) is 13.3. The van der Waals surface area contributed by atoms with E-state index in [1.54, 1.807) is 6.26 Å². The number of hydrogen-bond donors (Lipinski definition) is 1. The van der Waals surface area contributed by atoms with E-state index in [1.807, 2.05) is 6.07 Å². The van der Waals surface area contributed by atoms with Crippen molar-refractivity contribution >= 4 is 0 Å². The first kappa shape index (κ1) is 13.6. The van der Waals surface area contributed by atoms with Gasteiger partial charge in [0.2, 0.25) is 0 Å². The average molecular weight is 250 g/mol. The smallest absolute Gasteiger partial charge is 0.120 e. The summed E-state index contributed by atoms with van der Waals surface area (Å²) in [5.74, 6) is 1.71. The maximum atomic E-state index is 5.58. The first-order chi connectivity index (χ1) is 8.41. The molecule has 0 amide bonds. The van der Waals surface area contributed by atoms with E-state index in [9.17, 15) is 0 Å². The summed E-state index contributed by atoms with van der Waals surface area (Å²) in [6.45, 7) is 13.5. The molecule has 0 aliphatic carbocycles. The molecule has 0 aromatic carbocycles. The summed E-state index contributed by atoms with van der Waals surface area (Å²) in [7, 11) is 0. The predicted molar refractivity (Wildman–Crippen MR) is 74.5 cm³/mol. The summed E-state index contributed by atoms with van der Waals surface area (Å²) in [4.78, 5) is 2.58. The second kappa shape index (κ2) is 5.06. The van der Waals surface area contributed by atoms with Gasteiger partial charge in [-0.1, -0.05) is 13.8 Å². The summed E-state index contributed by atoms with van der Waals surface area (Å²) in [6, 6.07) is 4.97. The quantitative estimate of drug-likeness (QED) is 0.893. The van der Waals surface area contributed by atoms with E-state index in [1.165, 1.54) is 0 Å². The van der Waals surface area contributed by atoms with Crippen LogP contribution in [0.3, 0.4) is 0 Å². The molecule has 3 heteroatoms. The molecule has 1 N–H and O–H groups in total. The van der Waals surface area contributed by atoms with Crippen LogP contribution >= 0.6 is 0 Å². The SMILES string of the molecule is CC(C)C1CNC(C)(C)CN1C(C)c1ccco1. The van der Waals surface area contributed by atoms with Gasteiger partial charge in [0.15, 0.2) is 0 Å². The van der Waals surface area contributed by atoms with Crippen molar-refractivity contribution < 1.29 is 4.42 Å². The molecule has 0 radical (unpaired) electrons. The topological polar surface area (TPSA) is 28.4 Å². The minimum atomic E-state index is 0.173. The Labute approximate surface area is 111 Å². The molecule has 2 unspecified atom stereocenters. The van der Waals surface area contributed by atoms with Gasteiger partial charge in [0.25, 0.3) is 0 Å². The monoisotopic (exact) mass is 250 g/mol. The van der Waals surface area contributed by atoms with Crippen LogP contribution in [0.1, 0.15) is 46.4 Å². The molecule has 1 aromatic rings. The molecule has 2 atom stereocenters. The second-order valence-electron chi connectivity index (χ2n) is 6.44. The number of furan rings is 1. The normalized spacial score (nSPS) is 26.4. The second-order valence-corrected chi connectivity index (χ2v) is 6.44. The number of nitrogens with one attached hydrogen (secondary N) is 1. The number of nitrogens with zero attached hydrogens (tertiary/aromatic N) is 1. The van der Waals surface area contributed by atoms with Crippen LogP contribution in [0.5, 0.6) is 0 Å². The molecule has 1 aromatic heterocycles. The van der Waals surface area contributed by atoms with Crippen molar-refractivity contribution in [2.45, 2.75) is 52.2 Å². The van der Waals surface area contributed by atoms with Crippen molar-refractivity contribution in [1.29, 1.82) is 0 Å². The molecule has 3 nitrogen and oxygen atoms in total. The Hall–Kier alpha value is -0.800.